The van der Waals surface area contributed by atoms with Crippen LogP contribution in [0.25, 0.3) is 0 Å². The highest BCUT2D eigenvalue weighted by Gasteiger charge is 2.31. The summed E-state index contributed by atoms with van der Waals surface area (Å²) in [5.41, 5.74) is 1.70. The molecule has 0 unspecified atom stereocenters. The van der Waals surface area contributed by atoms with E-state index in [4.69, 9.17) is 27.9 Å². The molecule has 0 fully saturated rings. The van der Waals surface area contributed by atoms with Crippen molar-refractivity contribution in [3.63, 3.8) is 0 Å². The van der Waals surface area contributed by atoms with Gasteiger partial charge in [-0.2, -0.15) is 0 Å². The van der Waals surface area contributed by atoms with Gasteiger partial charge in [-0.3, -0.25) is 9.59 Å². The van der Waals surface area contributed by atoms with Crippen molar-refractivity contribution < 1.29 is 14.3 Å². The number of carbonyl (C=O) groups is 2. The summed E-state index contributed by atoms with van der Waals surface area (Å²) in [6.45, 7) is 3.90. The van der Waals surface area contributed by atoms with Gasteiger partial charge in [0.25, 0.3) is 5.91 Å². The minimum Gasteiger partial charge on any atom is -0.484 e. The molecule has 3 aromatic carbocycles. The van der Waals surface area contributed by atoms with E-state index in [1.165, 1.54) is 0 Å². The highest BCUT2D eigenvalue weighted by Crippen LogP contribution is 2.21. The van der Waals surface area contributed by atoms with E-state index in [9.17, 15) is 9.59 Å². The fourth-order valence-corrected chi connectivity index (χ4v) is 3.89. The van der Waals surface area contributed by atoms with E-state index in [1.54, 1.807) is 35.2 Å². The number of hydrogen-bond donors (Lipinski definition) is 1. The number of carbonyl (C=O) groups excluding carboxylic acids is 2. The van der Waals surface area contributed by atoms with Crippen molar-refractivity contribution in [2.45, 2.75) is 45.3 Å². The lowest BCUT2D eigenvalue weighted by Gasteiger charge is -2.32. The van der Waals surface area contributed by atoms with Crippen molar-refractivity contribution in [3.05, 3.63) is 100 Å². The van der Waals surface area contributed by atoms with E-state index in [-0.39, 0.29) is 31.0 Å². The Morgan fingerprint density at radius 2 is 1.60 bits per heavy atom. The first-order chi connectivity index (χ1) is 16.9. The molecule has 184 valence electrons. The van der Waals surface area contributed by atoms with Crippen molar-refractivity contribution >= 4 is 35.0 Å². The largest absolute Gasteiger partial charge is 0.484 e. The molecule has 3 rings (SSSR count). The molecule has 0 heterocycles. The molecule has 0 aliphatic carbocycles. The van der Waals surface area contributed by atoms with Crippen molar-refractivity contribution in [3.8, 4) is 5.75 Å². The van der Waals surface area contributed by atoms with Gasteiger partial charge in [-0.25, -0.2) is 0 Å². The average Bonchev–Trinajstić information content (AvgIpc) is 2.87. The van der Waals surface area contributed by atoms with Gasteiger partial charge in [0.2, 0.25) is 5.91 Å². The Balaban J connectivity index is 1.91. The van der Waals surface area contributed by atoms with E-state index in [2.05, 4.69) is 5.32 Å². The second kappa shape index (κ2) is 13.2. The molecule has 2 atom stereocenters. The van der Waals surface area contributed by atoms with Crippen molar-refractivity contribution in [2.75, 3.05) is 6.61 Å². The summed E-state index contributed by atoms with van der Waals surface area (Å²) in [4.78, 5) is 28.6. The Morgan fingerprint density at radius 3 is 2.26 bits per heavy atom. The molecule has 2 amide bonds. The zero-order chi connectivity index (χ0) is 25.2. The van der Waals surface area contributed by atoms with Crippen LogP contribution in [0.3, 0.4) is 0 Å². The zero-order valence-electron chi connectivity index (χ0n) is 19.9. The third kappa shape index (κ3) is 8.01. The van der Waals surface area contributed by atoms with Gasteiger partial charge in [-0.1, -0.05) is 78.7 Å². The molecular formula is C28H30Cl2N2O3. The molecule has 0 saturated heterocycles. The van der Waals surface area contributed by atoms with Crippen LogP contribution < -0.4 is 10.1 Å². The van der Waals surface area contributed by atoms with Crippen molar-refractivity contribution in [2.24, 2.45) is 0 Å². The topological polar surface area (TPSA) is 58.6 Å². The van der Waals surface area contributed by atoms with Gasteiger partial charge >= 0.3 is 0 Å². The Labute approximate surface area is 217 Å². The molecule has 0 spiro atoms. The lowest BCUT2D eigenvalue weighted by molar-refractivity contribution is -0.143. The molecule has 0 aliphatic heterocycles. The van der Waals surface area contributed by atoms with Gasteiger partial charge in [0.05, 0.1) is 0 Å². The number of nitrogens with zero attached hydrogens (tertiary/aromatic N) is 1. The minimum absolute atomic E-state index is 0.0247. The molecule has 7 heteroatoms. The van der Waals surface area contributed by atoms with Gasteiger partial charge < -0.3 is 15.0 Å². The van der Waals surface area contributed by atoms with Crippen LogP contribution in [0.5, 0.6) is 5.75 Å². The lowest BCUT2D eigenvalue weighted by Crippen LogP contribution is -2.53. The van der Waals surface area contributed by atoms with E-state index >= 15 is 0 Å². The smallest absolute Gasteiger partial charge is 0.261 e. The summed E-state index contributed by atoms with van der Waals surface area (Å²) in [6.07, 6.45) is 1.14. The van der Waals surface area contributed by atoms with Gasteiger partial charge in [-0.15, -0.1) is 0 Å². The first-order valence-electron chi connectivity index (χ1n) is 11.6. The molecule has 5 nitrogen and oxygen atoms in total. The van der Waals surface area contributed by atoms with E-state index < -0.39 is 6.04 Å². The summed E-state index contributed by atoms with van der Waals surface area (Å²) < 4.78 is 5.74. The quantitative estimate of drug-likeness (QED) is 0.346. The maximum Gasteiger partial charge on any atom is 0.261 e. The molecule has 0 radical (unpaired) electrons. The van der Waals surface area contributed by atoms with Crippen LogP contribution in [0.4, 0.5) is 0 Å². The van der Waals surface area contributed by atoms with Crippen molar-refractivity contribution in [1.29, 1.82) is 0 Å². The fraction of sp³-hybridized carbons (Fsp3) is 0.286. The monoisotopic (exact) mass is 512 g/mol. The Kier molecular flexibility index (Phi) is 10.0. The van der Waals surface area contributed by atoms with Crippen LogP contribution in [-0.4, -0.2) is 35.4 Å². The molecule has 0 bridgehead atoms. The standard InChI is InChI=1S/C28H30Cl2N2O3/c1-3-20(2)31-28(34)26(17-21-9-5-4-6-10-21)32(18-22-11-7-8-12-25(22)30)27(33)19-35-24-15-13-23(29)14-16-24/h4-16,20,26H,3,17-19H2,1-2H3,(H,31,34)/t20-,26-/m1/s1. The zero-order valence-corrected chi connectivity index (χ0v) is 21.4. The van der Waals surface area contributed by atoms with Crippen LogP contribution in [0.15, 0.2) is 78.9 Å². The first-order valence-corrected chi connectivity index (χ1v) is 12.4. The number of halogens is 2. The predicted octanol–water partition coefficient (Wildman–Crippen LogP) is 5.93. The first kappa shape index (κ1) is 26.6. The summed E-state index contributed by atoms with van der Waals surface area (Å²) >= 11 is 12.4. The maximum absolute atomic E-state index is 13.5. The number of hydrogen-bond acceptors (Lipinski definition) is 3. The summed E-state index contributed by atoms with van der Waals surface area (Å²) in [6, 6.07) is 23.0. The summed E-state index contributed by atoms with van der Waals surface area (Å²) in [7, 11) is 0. The highest BCUT2D eigenvalue weighted by molar-refractivity contribution is 6.31. The molecule has 0 saturated carbocycles. The fourth-order valence-electron chi connectivity index (χ4n) is 3.56. The van der Waals surface area contributed by atoms with Gasteiger partial charge in [-0.05, 0) is 54.8 Å². The third-order valence-electron chi connectivity index (χ3n) is 5.75. The highest BCUT2D eigenvalue weighted by atomic mass is 35.5. The molecule has 35 heavy (non-hydrogen) atoms. The molecule has 0 aliphatic rings. The van der Waals surface area contributed by atoms with Crippen LogP contribution >= 0.6 is 23.2 Å². The predicted molar refractivity (Wildman–Crippen MR) is 141 cm³/mol. The van der Waals surface area contributed by atoms with Crippen LogP contribution in [-0.2, 0) is 22.6 Å². The van der Waals surface area contributed by atoms with Crippen LogP contribution in [0, 0.1) is 0 Å². The Bertz CT molecular complexity index is 1110. The Morgan fingerprint density at radius 1 is 0.943 bits per heavy atom. The molecular weight excluding hydrogens is 483 g/mol. The maximum atomic E-state index is 13.5. The third-order valence-corrected chi connectivity index (χ3v) is 6.37. The number of rotatable bonds is 11. The SMILES string of the molecule is CC[C@@H](C)NC(=O)[C@@H](Cc1ccccc1)N(Cc1ccccc1Cl)C(=O)COc1ccc(Cl)cc1. The second-order valence-corrected chi connectivity index (χ2v) is 9.22. The van der Waals surface area contributed by atoms with Gasteiger partial charge in [0.15, 0.2) is 6.61 Å². The minimum atomic E-state index is -0.746. The number of benzene rings is 3. The van der Waals surface area contributed by atoms with Crippen LogP contribution in [0.1, 0.15) is 31.4 Å². The van der Waals surface area contributed by atoms with Crippen LogP contribution in [0.2, 0.25) is 10.0 Å². The molecule has 0 aromatic heterocycles. The van der Waals surface area contributed by atoms with E-state index in [0.717, 1.165) is 17.5 Å². The Hall–Kier alpha value is -3.02. The van der Waals surface area contributed by atoms with Gasteiger partial charge in [0.1, 0.15) is 11.8 Å². The number of amides is 2. The average molecular weight is 513 g/mol. The van der Waals surface area contributed by atoms with E-state index in [0.29, 0.717) is 22.2 Å². The summed E-state index contributed by atoms with van der Waals surface area (Å²) in [5, 5.41) is 4.15. The normalized spacial score (nSPS) is 12.5. The second-order valence-electron chi connectivity index (χ2n) is 8.38. The van der Waals surface area contributed by atoms with Crippen molar-refractivity contribution in [1.82, 2.24) is 10.2 Å². The number of nitrogens with one attached hydrogen (secondary N) is 1. The number of ether oxygens (including phenoxy) is 1. The summed E-state index contributed by atoms with van der Waals surface area (Å²) in [5.74, 6) is -0.0145. The van der Waals surface area contributed by atoms with Gasteiger partial charge in [0, 0.05) is 29.1 Å². The molecule has 1 N–H and O–H groups in total. The van der Waals surface area contributed by atoms with E-state index in [1.807, 2.05) is 62.4 Å². The lowest BCUT2D eigenvalue weighted by atomic mass is 10.0. The molecule has 3 aromatic rings.